The van der Waals surface area contributed by atoms with E-state index in [2.05, 4.69) is 82.7 Å². The number of aromatic nitrogens is 1. The first-order valence-corrected chi connectivity index (χ1v) is 9.29. The first-order valence-electron chi connectivity index (χ1n) is 8.91. The Morgan fingerprint density at radius 3 is 1.78 bits per heavy atom. The van der Waals surface area contributed by atoms with Crippen molar-refractivity contribution in [1.29, 1.82) is 0 Å². The Hall–Kier alpha value is -3.23. The smallest absolute Gasteiger partial charge is 0.0640 e. The van der Waals surface area contributed by atoms with Crippen molar-refractivity contribution in [3.8, 4) is 5.69 Å². The summed E-state index contributed by atoms with van der Waals surface area (Å²) in [6.07, 6.45) is 0. The van der Waals surface area contributed by atoms with Crippen molar-refractivity contribution in [2.75, 3.05) is 5.32 Å². The van der Waals surface area contributed by atoms with Crippen LogP contribution in [0.5, 0.6) is 0 Å². The van der Waals surface area contributed by atoms with Gasteiger partial charge in [0.1, 0.15) is 0 Å². The molecule has 0 bridgehead atoms. The molecule has 0 aliphatic carbocycles. The van der Waals surface area contributed by atoms with Gasteiger partial charge in [-0.25, -0.2) is 0 Å². The predicted molar refractivity (Wildman–Crippen MR) is 116 cm³/mol. The van der Waals surface area contributed by atoms with Gasteiger partial charge in [0.05, 0.1) is 21.7 Å². The molecule has 1 heterocycles. The summed E-state index contributed by atoms with van der Waals surface area (Å²) in [6.45, 7) is 0. The maximum Gasteiger partial charge on any atom is 0.0640 e. The number of nitrogens with zero attached hydrogens (tertiary/aromatic N) is 1. The lowest BCUT2D eigenvalue weighted by Gasteiger charge is -2.11. The Morgan fingerprint density at radius 1 is 0.593 bits per heavy atom. The Labute approximate surface area is 162 Å². The summed E-state index contributed by atoms with van der Waals surface area (Å²) in [7, 11) is 0. The molecule has 2 nitrogen and oxygen atoms in total. The van der Waals surface area contributed by atoms with E-state index in [-0.39, 0.29) is 0 Å². The lowest BCUT2D eigenvalue weighted by atomic mass is 10.2. The zero-order chi connectivity index (χ0) is 18.2. The minimum atomic E-state index is 0.712. The molecule has 0 spiro atoms. The van der Waals surface area contributed by atoms with E-state index in [4.69, 9.17) is 11.6 Å². The Morgan fingerprint density at radius 2 is 1.15 bits per heavy atom. The molecule has 1 N–H and O–H groups in total. The van der Waals surface area contributed by atoms with Crippen LogP contribution in [0, 0.1) is 0 Å². The van der Waals surface area contributed by atoms with Gasteiger partial charge >= 0.3 is 0 Å². The molecule has 0 saturated carbocycles. The molecule has 0 unspecified atom stereocenters. The molecule has 5 rings (SSSR count). The molecule has 1 aromatic heterocycles. The van der Waals surface area contributed by atoms with Crippen LogP contribution in [-0.2, 0) is 0 Å². The van der Waals surface area contributed by atoms with Gasteiger partial charge < -0.3 is 9.88 Å². The SMILES string of the molecule is Clc1ccccc1Nc1ccc(-n2c3ccccc3c3ccccc32)cc1. The quantitative estimate of drug-likeness (QED) is 0.357. The van der Waals surface area contributed by atoms with Gasteiger partial charge in [0.25, 0.3) is 0 Å². The Bertz CT molecular complexity index is 1200. The van der Waals surface area contributed by atoms with Crippen molar-refractivity contribution in [3.05, 3.63) is 102 Å². The second-order valence-corrected chi connectivity index (χ2v) is 6.93. The fourth-order valence-electron chi connectivity index (χ4n) is 3.61. The average molecular weight is 369 g/mol. The maximum absolute atomic E-state index is 6.25. The number of rotatable bonds is 3. The number of para-hydroxylation sites is 3. The van der Waals surface area contributed by atoms with Crippen molar-refractivity contribution in [2.24, 2.45) is 0 Å². The lowest BCUT2D eigenvalue weighted by molar-refractivity contribution is 1.18. The highest BCUT2D eigenvalue weighted by Crippen LogP contribution is 2.32. The predicted octanol–water partition coefficient (Wildman–Crippen LogP) is 7.18. The fraction of sp³-hybridized carbons (Fsp3) is 0. The molecule has 4 aromatic carbocycles. The van der Waals surface area contributed by atoms with Crippen LogP contribution in [-0.4, -0.2) is 4.57 Å². The van der Waals surface area contributed by atoms with Gasteiger partial charge in [0, 0.05) is 22.1 Å². The monoisotopic (exact) mass is 368 g/mol. The number of hydrogen-bond donors (Lipinski definition) is 1. The van der Waals surface area contributed by atoms with E-state index in [1.165, 1.54) is 21.8 Å². The maximum atomic E-state index is 6.25. The standard InChI is InChI=1S/C24H17ClN2/c25-21-9-3-4-10-22(21)26-17-13-15-18(16-14-17)27-23-11-5-1-7-19(23)20-8-2-6-12-24(20)27/h1-16,26H. The number of benzene rings is 4. The normalized spacial score (nSPS) is 11.1. The highest BCUT2D eigenvalue weighted by Gasteiger charge is 2.11. The molecule has 0 aliphatic heterocycles. The molecule has 0 saturated heterocycles. The molecule has 0 aliphatic rings. The van der Waals surface area contributed by atoms with Gasteiger partial charge in [-0.15, -0.1) is 0 Å². The van der Waals surface area contributed by atoms with Crippen LogP contribution >= 0.6 is 11.6 Å². The minimum Gasteiger partial charge on any atom is -0.354 e. The summed E-state index contributed by atoms with van der Waals surface area (Å²) < 4.78 is 2.31. The molecular weight excluding hydrogens is 352 g/mol. The molecule has 130 valence electrons. The van der Waals surface area contributed by atoms with Crippen molar-refractivity contribution in [1.82, 2.24) is 4.57 Å². The fourth-order valence-corrected chi connectivity index (χ4v) is 3.80. The number of halogens is 1. The Balaban J connectivity index is 1.60. The summed E-state index contributed by atoms with van der Waals surface area (Å²) in [5.74, 6) is 0. The largest absolute Gasteiger partial charge is 0.354 e. The van der Waals surface area contributed by atoms with E-state index in [9.17, 15) is 0 Å². The van der Waals surface area contributed by atoms with Gasteiger partial charge in [-0.2, -0.15) is 0 Å². The van der Waals surface area contributed by atoms with Gasteiger partial charge in [-0.1, -0.05) is 60.1 Å². The van der Waals surface area contributed by atoms with Gasteiger partial charge in [-0.05, 0) is 48.5 Å². The number of fused-ring (bicyclic) bond motifs is 3. The zero-order valence-electron chi connectivity index (χ0n) is 14.6. The highest BCUT2D eigenvalue weighted by molar-refractivity contribution is 6.33. The first kappa shape index (κ1) is 16.0. The summed E-state index contributed by atoms with van der Waals surface area (Å²) >= 11 is 6.25. The second-order valence-electron chi connectivity index (χ2n) is 6.52. The van der Waals surface area contributed by atoms with Crippen LogP contribution in [0.3, 0.4) is 0 Å². The third-order valence-corrected chi connectivity index (χ3v) is 5.19. The Kier molecular flexibility index (Phi) is 3.84. The molecule has 27 heavy (non-hydrogen) atoms. The van der Waals surface area contributed by atoms with Crippen LogP contribution in [0.2, 0.25) is 5.02 Å². The van der Waals surface area contributed by atoms with Gasteiger partial charge in [0.15, 0.2) is 0 Å². The van der Waals surface area contributed by atoms with Crippen LogP contribution < -0.4 is 5.32 Å². The topological polar surface area (TPSA) is 17.0 Å². The molecule has 0 radical (unpaired) electrons. The summed E-state index contributed by atoms with van der Waals surface area (Å²) in [5.41, 5.74) is 5.48. The molecule has 0 amide bonds. The van der Waals surface area contributed by atoms with Crippen molar-refractivity contribution < 1.29 is 0 Å². The van der Waals surface area contributed by atoms with E-state index >= 15 is 0 Å². The molecule has 5 aromatic rings. The molecule has 0 atom stereocenters. The first-order chi connectivity index (χ1) is 13.3. The third-order valence-electron chi connectivity index (χ3n) is 4.86. The highest BCUT2D eigenvalue weighted by atomic mass is 35.5. The van der Waals surface area contributed by atoms with Crippen molar-refractivity contribution >= 4 is 44.8 Å². The average Bonchev–Trinajstić information content (AvgIpc) is 3.05. The summed E-state index contributed by atoms with van der Waals surface area (Å²) in [6, 6.07) is 33.3. The van der Waals surface area contributed by atoms with Crippen LogP contribution in [0.1, 0.15) is 0 Å². The van der Waals surface area contributed by atoms with Gasteiger partial charge in [-0.3, -0.25) is 0 Å². The molecular formula is C24H17ClN2. The lowest BCUT2D eigenvalue weighted by Crippen LogP contribution is -1.95. The summed E-state index contributed by atoms with van der Waals surface area (Å²) in [5, 5.41) is 6.63. The van der Waals surface area contributed by atoms with E-state index in [0.29, 0.717) is 5.02 Å². The van der Waals surface area contributed by atoms with Crippen LogP contribution in [0.25, 0.3) is 27.5 Å². The molecule has 0 fully saturated rings. The second kappa shape index (κ2) is 6.49. The van der Waals surface area contributed by atoms with E-state index in [1.807, 2.05) is 24.3 Å². The zero-order valence-corrected chi connectivity index (χ0v) is 15.3. The van der Waals surface area contributed by atoms with E-state index < -0.39 is 0 Å². The van der Waals surface area contributed by atoms with Crippen LogP contribution in [0.15, 0.2) is 97.1 Å². The number of hydrogen-bond acceptors (Lipinski definition) is 1. The summed E-state index contributed by atoms with van der Waals surface area (Å²) in [4.78, 5) is 0. The van der Waals surface area contributed by atoms with E-state index in [1.54, 1.807) is 0 Å². The van der Waals surface area contributed by atoms with Crippen molar-refractivity contribution in [3.63, 3.8) is 0 Å². The number of anilines is 2. The van der Waals surface area contributed by atoms with E-state index in [0.717, 1.165) is 17.1 Å². The minimum absolute atomic E-state index is 0.712. The number of nitrogens with one attached hydrogen (secondary N) is 1. The third kappa shape index (κ3) is 2.75. The molecule has 3 heteroatoms. The van der Waals surface area contributed by atoms with Crippen molar-refractivity contribution in [2.45, 2.75) is 0 Å². The van der Waals surface area contributed by atoms with Crippen LogP contribution in [0.4, 0.5) is 11.4 Å². The van der Waals surface area contributed by atoms with Gasteiger partial charge in [0.2, 0.25) is 0 Å².